The van der Waals surface area contributed by atoms with Gasteiger partial charge in [-0.1, -0.05) is 36.4 Å². The molecule has 0 heterocycles. The molecule has 1 atom stereocenters. The Balaban J connectivity index is 2.51. The van der Waals surface area contributed by atoms with Crippen LogP contribution in [-0.4, -0.2) is 13.6 Å². The molecule has 1 aromatic carbocycles. The lowest BCUT2D eigenvalue weighted by Gasteiger charge is -2.32. The predicted molar refractivity (Wildman–Crippen MR) is 74.4 cm³/mol. The van der Waals surface area contributed by atoms with Crippen LogP contribution in [0.15, 0.2) is 42.5 Å². The zero-order valence-electron chi connectivity index (χ0n) is 10.5. The smallest absolute Gasteiger partial charge is 0.0382 e. The second kappa shape index (κ2) is 4.76. The summed E-state index contributed by atoms with van der Waals surface area (Å²) in [5, 5.41) is 3.28. The zero-order valence-corrected chi connectivity index (χ0v) is 10.5. The molecular formula is C15H20N2. The fourth-order valence-electron chi connectivity index (χ4n) is 2.42. The normalized spacial score (nSPS) is 22.8. The van der Waals surface area contributed by atoms with Crippen LogP contribution >= 0.6 is 0 Å². The van der Waals surface area contributed by atoms with E-state index in [9.17, 15) is 0 Å². The van der Waals surface area contributed by atoms with Gasteiger partial charge in [0.1, 0.15) is 0 Å². The highest BCUT2D eigenvalue weighted by molar-refractivity contribution is 5.58. The standard InChI is InChI=1S/C15H20N2/c1-12-6-7-13(14(10-12)17-2)15(11-16)8-4-3-5-9-15/h3-8,10,17H,9,11,16H2,1-2H3. The molecule has 0 aromatic heterocycles. The lowest BCUT2D eigenvalue weighted by atomic mass is 9.74. The number of benzene rings is 1. The van der Waals surface area contributed by atoms with Gasteiger partial charge in [0.05, 0.1) is 0 Å². The van der Waals surface area contributed by atoms with Gasteiger partial charge >= 0.3 is 0 Å². The van der Waals surface area contributed by atoms with Gasteiger partial charge < -0.3 is 11.1 Å². The summed E-state index contributed by atoms with van der Waals surface area (Å²) in [6.07, 6.45) is 9.55. The highest BCUT2D eigenvalue weighted by atomic mass is 14.8. The van der Waals surface area contributed by atoms with E-state index in [1.165, 1.54) is 16.8 Å². The average molecular weight is 228 g/mol. The Morgan fingerprint density at radius 2 is 2.18 bits per heavy atom. The average Bonchev–Trinajstić information content (AvgIpc) is 2.39. The molecule has 2 nitrogen and oxygen atoms in total. The van der Waals surface area contributed by atoms with E-state index >= 15 is 0 Å². The van der Waals surface area contributed by atoms with Crippen molar-refractivity contribution in [3.05, 3.63) is 53.6 Å². The van der Waals surface area contributed by atoms with Crippen LogP contribution in [-0.2, 0) is 5.41 Å². The first-order chi connectivity index (χ1) is 8.22. The first kappa shape index (κ1) is 11.9. The fourth-order valence-corrected chi connectivity index (χ4v) is 2.42. The third-order valence-corrected chi connectivity index (χ3v) is 3.49. The second-order valence-electron chi connectivity index (χ2n) is 4.65. The first-order valence-corrected chi connectivity index (χ1v) is 6.05. The third-order valence-electron chi connectivity index (χ3n) is 3.49. The van der Waals surface area contributed by atoms with Crippen molar-refractivity contribution in [1.29, 1.82) is 0 Å². The van der Waals surface area contributed by atoms with Gasteiger partial charge in [-0.2, -0.15) is 0 Å². The minimum atomic E-state index is -0.0548. The molecule has 2 rings (SSSR count). The van der Waals surface area contributed by atoms with Gasteiger partial charge in [-0.3, -0.25) is 0 Å². The van der Waals surface area contributed by atoms with Gasteiger partial charge in [-0.05, 0) is 30.5 Å². The van der Waals surface area contributed by atoms with E-state index in [1.54, 1.807) is 0 Å². The number of hydrogen-bond acceptors (Lipinski definition) is 2. The largest absolute Gasteiger partial charge is 0.388 e. The monoisotopic (exact) mass is 228 g/mol. The highest BCUT2D eigenvalue weighted by Crippen LogP contribution is 2.36. The van der Waals surface area contributed by atoms with E-state index in [-0.39, 0.29) is 5.41 Å². The highest BCUT2D eigenvalue weighted by Gasteiger charge is 2.29. The van der Waals surface area contributed by atoms with Crippen LogP contribution in [0.25, 0.3) is 0 Å². The summed E-state index contributed by atoms with van der Waals surface area (Å²) in [5.74, 6) is 0. The van der Waals surface area contributed by atoms with Gasteiger partial charge in [0.25, 0.3) is 0 Å². The van der Waals surface area contributed by atoms with E-state index in [1.807, 2.05) is 7.05 Å². The quantitative estimate of drug-likeness (QED) is 0.835. The summed E-state index contributed by atoms with van der Waals surface area (Å²) < 4.78 is 0. The van der Waals surface area contributed by atoms with Gasteiger partial charge in [0.2, 0.25) is 0 Å². The number of anilines is 1. The molecule has 3 N–H and O–H groups in total. The fraction of sp³-hybridized carbons (Fsp3) is 0.333. The minimum Gasteiger partial charge on any atom is -0.388 e. The van der Waals surface area contributed by atoms with Crippen LogP contribution in [0.2, 0.25) is 0 Å². The maximum absolute atomic E-state index is 6.02. The van der Waals surface area contributed by atoms with Crippen molar-refractivity contribution in [2.24, 2.45) is 5.73 Å². The van der Waals surface area contributed by atoms with Crippen molar-refractivity contribution in [3.8, 4) is 0 Å². The van der Waals surface area contributed by atoms with E-state index in [0.29, 0.717) is 6.54 Å². The molecule has 0 amide bonds. The van der Waals surface area contributed by atoms with Gasteiger partial charge in [-0.15, -0.1) is 0 Å². The van der Waals surface area contributed by atoms with E-state index in [2.05, 4.69) is 54.7 Å². The topological polar surface area (TPSA) is 38.0 Å². The molecule has 1 unspecified atom stereocenters. The Morgan fingerprint density at radius 1 is 1.35 bits per heavy atom. The zero-order chi connectivity index (χ0) is 12.3. The van der Waals surface area contributed by atoms with Crippen LogP contribution in [0.1, 0.15) is 17.5 Å². The van der Waals surface area contributed by atoms with Gasteiger partial charge in [-0.25, -0.2) is 0 Å². The van der Waals surface area contributed by atoms with Crippen molar-refractivity contribution < 1.29 is 0 Å². The minimum absolute atomic E-state index is 0.0548. The van der Waals surface area contributed by atoms with Crippen LogP contribution in [0.5, 0.6) is 0 Å². The molecule has 0 aliphatic heterocycles. The van der Waals surface area contributed by atoms with Gasteiger partial charge in [0.15, 0.2) is 0 Å². The van der Waals surface area contributed by atoms with E-state index in [0.717, 1.165) is 6.42 Å². The number of hydrogen-bond donors (Lipinski definition) is 2. The Labute approximate surface area is 103 Å². The van der Waals surface area contributed by atoms with Crippen molar-refractivity contribution in [2.45, 2.75) is 18.8 Å². The summed E-state index contributed by atoms with van der Waals surface area (Å²) in [7, 11) is 1.96. The number of nitrogens with one attached hydrogen (secondary N) is 1. The molecule has 0 spiro atoms. The summed E-state index contributed by atoms with van der Waals surface area (Å²) in [4.78, 5) is 0. The third kappa shape index (κ3) is 2.13. The van der Waals surface area contributed by atoms with Gasteiger partial charge in [0, 0.05) is 24.7 Å². The SMILES string of the molecule is CNc1cc(C)ccc1C1(CN)C=CC=CC1. The maximum atomic E-state index is 6.02. The maximum Gasteiger partial charge on any atom is 0.0382 e. The summed E-state index contributed by atoms with van der Waals surface area (Å²) in [5.41, 5.74) is 9.69. The molecule has 2 heteroatoms. The summed E-state index contributed by atoms with van der Waals surface area (Å²) >= 11 is 0. The van der Waals surface area contributed by atoms with E-state index < -0.39 is 0 Å². The molecule has 17 heavy (non-hydrogen) atoms. The van der Waals surface area contributed by atoms with Crippen LogP contribution in [0, 0.1) is 6.92 Å². The number of nitrogens with two attached hydrogens (primary N) is 1. The summed E-state index contributed by atoms with van der Waals surface area (Å²) in [6.45, 7) is 2.74. The lowest BCUT2D eigenvalue weighted by Crippen LogP contribution is -2.34. The number of aryl methyl sites for hydroxylation is 1. The molecule has 0 radical (unpaired) electrons. The molecular weight excluding hydrogens is 208 g/mol. The molecule has 1 aliphatic rings. The second-order valence-corrected chi connectivity index (χ2v) is 4.65. The van der Waals surface area contributed by atoms with Crippen LogP contribution < -0.4 is 11.1 Å². The van der Waals surface area contributed by atoms with Crippen molar-refractivity contribution in [2.75, 3.05) is 18.9 Å². The molecule has 90 valence electrons. The number of rotatable bonds is 3. The van der Waals surface area contributed by atoms with Crippen LogP contribution in [0.4, 0.5) is 5.69 Å². The number of allylic oxidation sites excluding steroid dienone is 3. The lowest BCUT2D eigenvalue weighted by molar-refractivity contribution is 0.551. The Morgan fingerprint density at radius 3 is 2.76 bits per heavy atom. The molecule has 0 bridgehead atoms. The molecule has 1 aromatic rings. The summed E-state index contributed by atoms with van der Waals surface area (Å²) in [6, 6.07) is 6.52. The molecule has 0 fully saturated rings. The predicted octanol–water partition coefficient (Wildman–Crippen LogP) is 2.75. The van der Waals surface area contributed by atoms with Crippen molar-refractivity contribution in [1.82, 2.24) is 0 Å². The van der Waals surface area contributed by atoms with Crippen molar-refractivity contribution in [3.63, 3.8) is 0 Å². The van der Waals surface area contributed by atoms with Crippen LogP contribution in [0.3, 0.4) is 0 Å². The Hall–Kier alpha value is -1.54. The molecule has 0 saturated carbocycles. The van der Waals surface area contributed by atoms with Crippen molar-refractivity contribution >= 4 is 5.69 Å². The molecule has 1 aliphatic carbocycles. The van der Waals surface area contributed by atoms with E-state index in [4.69, 9.17) is 5.73 Å². The molecule has 0 saturated heterocycles. The Bertz CT molecular complexity index is 460. The first-order valence-electron chi connectivity index (χ1n) is 6.05. The Kier molecular flexibility index (Phi) is 3.34.